The van der Waals surface area contributed by atoms with E-state index in [9.17, 15) is 9.59 Å². The van der Waals surface area contributed by atoms with Gasteiger partial charge >= 0.3 is 0 Å². The molecule has 0 radical (unpaired) electrons. The number of carbonyl (C=O) groups is 2. The molecule has 5 nitrogen and oxygen atoms in total. The zero-order valence-corrected chi connectivity index (χ0v) is 8.95. The first-order valence-corrected chi connectivity index (χ1v) is 5.53. The molecule has 1 aliphatic heterocycles. The summed E-state index contributed by atoms with van der Waals surface area (Å²) in [4.78, 5) is 24.9. The second kappa shape index (κ2) is 4.18. The lowest BCUT2D eigenvalue weighted by Crippen LogP contribution is -2.59. The minimum absolute atomic E-state index is 0.0338. The Balaban J connectivity index is 1.91. The zero-order chi connectivity index (χ0) is 10.8. The highest BCUT2D eigenvalue weighted by atomic mass is 16.2. The second-order valence-electron chi connectivity index (χ2n) is 4.09. The van der Waals surface area contributed by atoms with Crippen LogP contribution in [0.2, 0.25) is 0 Å². The van der Waals surface area contributed by atoms with Crippen molar-refractivity contribution in [3.8, 4) is 0 Å². The third-order valence-electron chi connectivity index (χ3n) is 2.92. The molecule has 0 aromatic heterocycles. The molecular weight excluding hydrogens is 194 g/mol. The number of piperazine rings is 1. The number of nitrogens with one attached hydrogen (secondary N) is 2. The monoisotopic (exact) mass is 211 g/mol. The maximum atomic E-state index is 12.0. The maximum absolute atomic E-state index is 12.0. The summed E-state index contributed by atoms with van der Waals surface area (Å²) in [6, 6.07) is 0.213. The quantitative estimate of drug-likeness (QED) is 0.635. The van der Waals surface area contributed by atoms with E-state index in [1.165, 1.54) is 0 Å². The number of rotatable bonds is 3. The molecule has 1 heterocycles. The Morgan fingerprint density at radius 3 is 2.73 bits per heavy atom. The molecule has 2 amide bonds. The molecule has 1 aliphatic carbocycles. The highest BCUT2D eigenvalue weighted by molar-refractivity contribution is 5.87. The first-order chi connectivity index (χ1) is 7.22. The summed E-state index contributed by atoms with van der Waals surface area (Å²) in [6.45, 7) is 3.42. The summed E-state index contributed by atoms with van der Waals surface area (Å²) in [5.41, 5.74) is 0. The van der Waals surface area contributed by atoms with E-state index in [4.69, 9.17) is 0 Å². The number of likely N-dealkylation sites (N-methyl/N-ethyl adjacent to an activating group) is 1. The van der Waals surface area contributed by atoms with Gasteiger partial charge in [-0.05, 0) is 19.8 Å². The van der Waals surface area contributed by atoms with Crippen molar-refractivity contribution >= 4 is 11.8 Å². The van der Waals surface area contributed by atoms with Crippen LogP contribution in [0.4, 0.5) is 0 Å². The molecule has 0 aromatic rings. The fourth-order valence-electron chi connectivity index (χ4n) is 1.92. The van der Waals surface area contributed by atoms with Gasteiger partial charge in [-0.3, -0.25) is 14.9 Å². The summed E-state index contributed by atoms with van der Waals surface area (Å²) >= 11 is 0. The molecule has 1 atom stereocenters. The smallest absolute Gasteiger partial charge is 0.241 e. The van der Waals surface area contributed by atoms with E-state index in [1.807, 2.05) is 11.8 Å². The molecule has 0 aromatic carbocycles. The van der Waals surface area contributed by atoms with Crippen molar-refractivity contribution in [2.75, 3.05) is 19.6 Å². The molecule has 2 fully saturated rings. The van der Waals surface area contributed by atoms with Crippen LogP contribution >= 0.6 is 0 Å². The topological polar surface area (TPSA) is 61.4 Å². The van der Waals surface area contributed by atoms with Crippen LogP contribution in [0.15, 0.2) is 0 Å². The van der Waals surface area contributed by atoms with Gasteiger partial charge < -0.3 is 10.2 Å². The Kier molecular flexibility index (Phi) is 2.90. The van der Waals surface area contributed by atoms with Crippen LogP contribution < -0.4 is 10.6 Å². The van der Waals surface area contributed by atoms with Gasteiger partial charge in [-0.15, -0.1) is 0 Å². The van der Waals surface area contributed by atoms with Gasteiger partial charge in [0.05, 0.1) is 6.54 Å². The summed E-state index contributed by atoms with van der Waals surface area (Å²) in [5.74, 6) is 0.0912. The maximum Gasteiger partial charge on any atom is 0.241 e. The van der Waals surface area contributed by atoms with Crippen molar-refractivity contribution in [3.05, 3.63) is 0 Å². The molecule has 2 N–H and O–H groups in total. The first-order valence-electron chi connectivity index (χ1n) is 5.53. The fraction of sp³-hybridized carbons (Fsp3) is 0.800. The lowest BCUT2D eigenvalue weighted by Gasteiger charge is -2.29. The molecule has 0 spiro atoms. The van der Waals surface area contributed by atoms with Crippen LogP contribution in [0.1, 0.15) is 19.8 Å². The van der Waals surface area contributed by atoms with Crippen molar-refractivity contribution in [1.82, 2.24) is 15.5 Å². The number of amides is 2. The van der Waals surface area contributed by atoms with Crippen LogP contribution in [0.3, 0.4) is 0 Å². The standard InChI is InChI=1S/C10H17N3O2/c1-2-13(7-3-4-7)10(15)8-5-12-9(14)6-11-8/h7-8,11H,2-6H2,1H3,(H,12,14). The van der Waals surface area contributed by atoms with E-state index in [1.54, 1.807) is 0 Å². The largest absolute Gasteiger partial charge is 0.353 e. The average molecular weight is 211 g/mol. The van der Waals surface area contributed by atoms with Gasteiger partial charge in [0.15, 0.2) is 0 Å². The predicted molar refractivity (Wildman–Crippen MR) is 55.2 cm³/mol. The van der Waals surface area contributed by atoms with E-state index in [0.29, 0.717) is 12.6 Å². The van der Waals surface area contributed by atoms with Gasteiger partial charge in [0.25, 0.3) is 0 Å². The normalized spacial score (nSPS) is 25.9. The van der Waals surface area contributed by atoms with Gasteiger partial charge in [0.2, 0.25) is 11.8 Å². The number of nitrogens with zero attached hydrogens (tertiary/aromatic N) is 1. The summed E-state index contributed by atoms with van der Waals surface area (Å²) < 4.78 is 0. The number of carbonyl (C=O) groups excluding carboxylic acids is 2. The molecule has 15 heavy (non-hydrogen) atoms. The van der Waals surface area contributed by atoms with Gasteiger partial charge in [0.1, 0.15) is 6.04 Å². The van der Waals surface area contributed by atoms with E-state index in [2.05, 4.69) is 10.6 Å². The molecule has 1 saturated carbocycles. The van der Waals surface area contributed by atoms with E-state index >= 15 is 0 Å². The molecule has 1 unspecified atom stereocenters. The zero-order valence-electron chi connectivity index (χ0n) is 8.95. The van der Waals surface area contributed by atoms with Crippen molar-refractivity contribution in [2.45, 2.75) is 31.8 Å². The Morgan fingerprint density at radius 2 is 2.27 bits per heavy atom. The number of hydrogen-bond acceptors (Lipinski definition) is 3. The summed E-state index contributed by atoms with van der Waals surface area (Å²) in [6.07, 6.45) is 2.25. The lowest BCUT2D eigenvalue weighted by atomic mass is 10.2. The van der Waals surface area contributed by atoms with Gasteiger partial charge in [-0.1, -0.05) is 0 Å². The van der Waals surface area contributed by atoms with Gasteiger partial charge in [-0.25, -0.2) is 0 Å². The van der Waals surface area contributed by atoms with Crippen molar-refractivity contribution in [2.24, 2.45) is 0 Å². The lowest BCUT2D eigenvalue weighted by molar-refractivity contribution is -0.135. The van der Waals surface area contributed by atoms with Crippen LogP contribution in [0.5, 0.6) is 0 Å². The molecular formula is C10H17N3O2. The number of hydrogen-bond donors (Lipinski definition) is 2. The Labute approximate surface area is 89.2 Å². The Hall–Kier alpha value is -1.10. The average Bonchev–Trinajstić information content (AvgIpc) is 3.04. The Morgan fingerprint density at radius 1 is 1.53 bits per heavy atom. The molecule has 2 rings (SSSR count). The van der Waals surface area contributed by atoms with Gasteiger partial charge in [0, 0.05) is 19.1 Å². The molecule has 1 saturated heterocycles. The predicted octanol–water partition coefficient (Wildman–Crippen LogP) is -0.915. The molecule has 0 bridgehead atoms. The fourth-order valence-corrected chi connectivity index (χ4v) is 1.92. The SMILES string of the molecule is CCN(C(=O)C1CNC(=O)CN1)C1CC1. The minimum Gasteiger partial charge on any atom is -0.353 e. The minimum atomic E-state index is -0.233. The highest BCUT2D eigenvalue weighted by Crippen LogP contribution is 2.27. The van der Waals surface area contributed by atoms with Crippen molar-refractivity contribution in [1.29, 1.82) is 0 Å². The molecule has 2 aliphatic rings. The van der Waals surface area contributed by atoms with Crippen LogP contribution in [-0.4, -0.2) is 48.4 Å². The third kappa shape index (κ3) is 2.28. The summed E-state index contributed by atoms with van der Waals surface area (Å²) in [5, 5.41) is 5.67. The molecule has 5 heteroatoms. The van der Waals surface area contributed by atoms with Crippen molar-refractivity contribution < 1.29 is 9.59 Å². The van der Waals surface area contributed by atoms with Crippen LogP contribution in [0.25, 0.3) is 0 Å². The third-order valence-corrected chi connectivity index (χ3v) is 2.92. The van der Waals surface area contributed by atoms with Crippen LogP contribution in [-0.2, 0) is 9.59 Å². The van der Waals surface area contributed by atoms with Gasteiger partial charge in [-0.2, -0.15) is 0 Å². The van der Waals surface area contributed by atoms with E-state index < -0.39 is 0 Å². The summed E-state index contributed by atoms with van der Waals surface area (Å²) in [7, 11) is 0. The Bertz CT molecular complexity index is 266. The van der Waals surface area contributed by atoms with E-state index in [0.717, 1.165) is 19.4 Å². The molecule has 84 valence electrons. The van der Waals surface area contributed by atoms with Crippen molar-refractivity contribution in [3.63, 3.8) is 0 Å². The van der Waals surface area contributed by atoms with Crippen LogP contribution in [0, 0.1) is 0 Å². The highest BCUT2D eigenvalue weighted by Gasteiger charge is 2.35. The second-order valence-corrected chi connectivity index (χ2v) is 4.09. The van der Waals surface area contributed by atoms with E-state index in [-0.39, 0.29) is 24.4 Å². The first kappa shape index (κ1) is 10.4.